The second kappa shape index (κ2) is 6.85. The third-order valence-corrected chi connectivity index (χ3v) is 4.43. The SMILES string of the molecule is Cc1nc(N(C)C)sc1C(=O)NCc1ccc(F)c(CO)c1. The Labute approximate surface area is 132 Å². The van der Waals surface area contributed by atoms with Crippen molar-refractivity contribution in [2.45, 2.75) is 20.1 Å². The van der Waals surface area contributed by atoms with Gasteiger partial charge in [-0.1, -0.05) is 17.4 Å². The van der Waals surface area contributed by atoms with E-state index >= 15 is 0 Å². The van der Waals surface area contributed by atoms with Crippen molar-refractivity contribution >= 4 is 22.4 Å². The molecule has 0 radical (unpaired) electrons. The van der Waals surface area contributed by atoms with Gasteiger partial charge in [0.25, 0.3) is 5.91 Å². The highest BCUT2D eigenvalue weighted by atomic mass is 32.1. The van der Waals surface area contributed by atoms with Crippen molar-refractivity contribution < 1.29 is 14.3 Å². The van der Waals surface area contributed by atoms with E-state index in [1.807, 2.05) is 19.0 Å². The van der Waals surface area contributed by atoms with E-state index in [0.29, 0.717) is 10.6 Å². The number of anilines is 1. The number of amides is 1. The Morgan fingerprint density at radius 2 is 2.18 bits per heavy atom. The van der Waals surface area contributed by atoms with Crippen LogP contribution in [0.15, 0.2) is 18.2 Å². The van der Waals surface area contributed by atoms with Gasteiger partial charge in [0.1, 0.15) is 10.7 Å². The molecule has 1 aromatic heterocycles. The lowest BCUT2D eigenvalue weighted by atomic mass is 10.1. The van der Waals surface area contributed by atoms with E-state index in [1.54, 1.807) is 19.1 Å². The number of hydrogen-bond donors (Lipinski definition) is 2. The van der Waals surface area contributed by atoms with E-state index in [0.717, 1.165) is 10.7 Å². The Bertz CT molecular complexity index is 685. The molecule has 0 aliphatic heterocycles. The van der Waals surface area contributed by atoms with Gasteiger partial charge in [0.2, 0.25) is 0 Å². The minimum atomic E-state index is -0.452. The van der Waals surface area contributed by atoms with Crippen molar-refractivity contribution in [1.82, 2.24) is 10.3 Å². The molecule has 0 aliphatic carbocycles. The van der Waals surface area contributed by atoms with Crippen LogP contribution >= 0.6 is 11.3 Å². The highest BCUT2D eigenvalue weighted by molar-refractivity contribution is 7.17. The maximum atomic E-state index is 13.3. The van der Waals surface area contributed by atoms with Crippen molar-refractivity contribution in [2.75, 3.05) is 19.0 Å². The number of aryl methyl sites for hydroxylation is 1. The van der Waals surface area contributed by atoms with Gasteiger partial charge in [-0.15, -0.1) is 0 Å². The van der Waals surface area contributed by atoms with E-state index < -0.39 is 5.82 Å². The molecule has 0 aliphatic rings. The van der Waals surface area contributed by atoms with Crippen LogP contribution in [0.4, 0.5) is 9.52 Å². The predicted molar refractivity (Wildman–Crippen MR) is 84.7 cm³/mol. The zero-order valence-corrected chi connectivity index (χ0v) is 13.5. The van der Waals surface area contributed by atoms with Crippen molar-refractivity contribution in [3.05, 3.63) is 45.7 Å². The highest BCUT2D eigenvalue weighted by Crippen LogP contribution is 2.24. The van der Waals surface area contributed by atoms with Gasteiger partial charge in [-0.3, -0.25) is 4.79 Å². The first-order valence-electron chi connectivity index (χ1n) is 6.73. The Morgan fingerprint density at radius 1 is 1.45 bits per heavy atom. The molecule has 0 unspecified atom stereocenters. The number of carbonyl (C=O) groups is 1. The molecule has 0 saturated heterocycles. The fourth-order valence-corrected chi connectivity index (χ4v) is 2.81. The quantitative estimate of drug-likeness (QED) is 0.884. The van der Waals surface area contributed by atoms with Crippen LogP contribution in [0.25, 0.3) is 0 Å². The third-order valence-electron chi connectivity index (χ3n) is 3.11. The zero-order valence-electron chi connectivity index (χ0n) is 12.7. The Kier molecular flexibility index (Phi) is 5.10. The summed E-state index contributed by atoms with van der Waals surface area (Å²) < 4.78 is 13.3. The fraction of sp³-hybridized carbons (Fsp3) is 0.333. The number of benzene rings is 1. The molecule has 0 saturated carbocycles. The van der Waals surface area contributed by atoms with Gasteiger partial charge in [-0.25, -0.2) is 9.37 Å². The molecule has 1 heterocycles. The van der Waals surface area contributed by atoms with Gasteiger partial charge in [-0.05, 0) is 24.6 Å². The summed E-state index contributed by atoms with van der Waals surface area (Å²) >= 11 is 1.32. The molecule has 2 aromatic rings. The summed E-state index contributed by atoms with van der Waals surface area (Å²) in [6, 6.07) is 4.41. The van der Waals surface area contributed by atoms with Gasteiger partial charge in [0.15, 0.2) is 5.13 Å². The number of aliphatic hydroxyl groups is 1. The minimum absolute atomic E-state index is 0.210. The largest absolute Gasteiger partial charge is 0.392 e. The van der Waals surface area contributed by atoms with Crippen molar-refractivity contribution in [3.63, 3.8) is 0 Å². The van der Waals surface area contributed by atoms with Gasteiger partial charge in [0, 0.05) is 26.2 Å². The Hall–Kier alpha value is -1.99. The minimum Gasteiger partial charge on any atom is -0.392 e. The molecule has 2 rings (SSSR count). The normalized spacial score (nSPS) is 10.6. The van der Waals surface area contributed by atoms with Gasteiger partial charge in [-0.2, -0.15) is 0 Å². The lowest BCUT2D eigenvalue weighted by Gasteiger charge is -2.07. The molecule has 5 nitrogen and oxygen atoms in total. The molecule has 0 bridgehead atoms. The molecule has 0 spiro atoms. The van der Waals surface area contributed by atoms with Crippen LogP contribution < -0.4 is 10.2 Å². The lowest BCUT2D eigenvalue weighted by Crippen LogP contribution is -2.22. The smallest absolute Gasteiger partial charge is 0.263 e. The molecule has 7 heteroatoms. The Morgan fingerprint density at radius 3 is 2.77 bits per heavy atom. The summed E-state index contributed by atoms with van der Waals surface area (Å²) in [5.41, 5.74) is 1.63. The van der Waals surface area contributed by atoms with E-state index in [-0.39, 0.29) is 24.6 Å². The van der Waals surface area contributed by atoms with Crippen LogP contribution in [0.2, 0.25) is 0 Å². The molecule has 1 aromatic carbocycles. The van der Waals surface area contributed by atoms with Crippen LogP contribution in [0.1, 0.15) is 26.5 Å². The van der Waals surface area contributed by atoms with Crippen LogP contribution in [0, 0.1) is 12.7 Å². The van der Waals surface area contributed by atoms with E-state index in [9.17, 15) is 9.18 Å². The fourth-order valence-electron chi connectivity index (χ4n) is 1.91. The van der Waals surface area contributed by atoms with E-state index in [4.69, 9.17) is 5.11 Å². The number of halogens is 1. The summed E-state index contributed by atoms with van der Waals surface area (Å²) in [6.45, 7) is 1.69. The number of thiazole rings is 1. The average Bonchev–Trinajstić information content (AvgIpc) is 2.88. The van der Waals surface area contributed by atoms with Crippen LogP contribution in [-0.2, 0) is 13.2 Å². The summed E-state index contributed by atoms with van der Waals surface area (Å²) in [5, 5.41) is 12.6. The standard InChI is InChI=1S/C15H18FN3O2S/c1-9-13(22-15(18-9)19(2)3)14(21)17-7-10-4-5-12(16)11(6-10)8-20/h4-6,20H,7-8H2,1-3H3,(H,17,21). The number of hydrogen-bond acceptors (Lipinski definition) is 5. The zero-order chi connectivity index (χ0) is 16.3. The predicted octanol–water partition coefficient (Wildman–Crippen LogP) is 2.08. The van der Waals surface area contributed by atoms with Crippen molar-refractivity contribution in [2.24, 2.45) is 0 Å². The maximum absolute atomic E-state index is 13.3. The molecule has 1 amide bonds. The van der Waals surface area contributed by atoms with Crippen LogP contribution in [0.3, 0.4) is 0 Å². The monoisotopic (exact) mass is 323 g/mol. The summed E-state index contributed by atoms with van der Waals surface area (Å²) in [5.74, 6) is -0.663. The number of nitrogens with zero attached hydrogens (tertiary/aromatic N) is 2. The molecular formula is C15H18FN3O2S. The number of aliphatic hydroxyl groups excluding tert-OH is 1. The maximum Gasteiger partial charge on any atom is 0.263 e. The third kappa shape index (κ3) is 3.61. The molecular weight excluding hydrogens is 305 g/mol. The summed E-state index contributed by atoms with van der Waals surface area (Å²) in [4.78, 5) is 19.0. The number of aromatic nitrogens is 1. The first-order valence-corrected chi connectivity index (χ1v) is 7.55. The highest BCUT2D eigenvalue weighted by Gasteiger charge is 2.16. The van der Waals surface area contributed by atoms with Crippen LogP contribution in [0.5, 0.6) is 0 Å². The lowest BCUT2D eigenvalue weighted by molar-refractivity contribution is 0.0954. The van der Waals surface area contributed by atoms with Gasteiger partial charge in [0.05, 0.1) is 12.3 Å². The van der Waals surface area contributed by atoms with Gasteiger partial charge < -0.3 is 15.3 Å². The second-order valence-corrected chi connectivity index (χ2v) is 6.05. The average molecular weight is 323 g/mol. The summed E-state index contributed by atoms with van der Waals surface area (Å²) in [6.07, 6.45) is 0. The van der Waals surface area contributed by atoms with E-state index in [1.165, 1.54) is 17.4 Å². The van der Waals surface area contributed by atoms with Crippen LogP contribution in [-0.4, -0.2) is 30.1 Å². The van der Waals surface area contributed by atoms with Gasteiger partial charge >= 0.3 is 0 Å². The molecule has 118 valence electrons. The number of rotatable bonds is 5. The Balaban J connectivity index is 2.07. The first kappa shape index (κ1) is 16.4. The number of carbonyl (C=O) groups excluding carboxylic acids is 1. The molecule has 0 fully saturated rings. The molecule has 0 atom stereocenters. The van der Waals surface area contributed by atoms with Crippen molar-refractivity contribution in [3.8, 4) is 0 Å². The summed E-state index contributed by atoms with van der Waals surface area (Å²) in [7, 11) is 3.74. The topological polar surface area (TPSA) is 65.5 Å². The first-order chi connectivity index (χ1) is 10.4. The second-order valence-electron chi connectivity index (χ2n) is 5.07. The van der Waals surface area contributed by atoms with Crippen molar-refractivity contribution in [1.29, 1.82) is 0 Å². The molecule has 2 N–H and O–H groups in total. The number of nitrogens with one attached hydrogen (secondary N) is 1. The van der Waals surface area contributed by atoms with E-state index in [2.05, 4.69) is 10.3 Å². The molecule has 22 heavy (non-hydrogen) atoms.